The number of methoxy groups -OCH3 is 1. The van der Waals surface area contributed by atoms with Crippen molar-refractivity contribution in [3.63, 3.8) is 0 Å². The number of ether oxygens (including phenoxy) is 1. The molecule has 23 heavy (non-hydrogen) atoms. The van der Waals surface area contributed by atoms with Crippen molar-refractivity contribution in [1.29, 1.82) is 0 Å². The molecule has 0 aliphatic heterocycles. The number of thioether (sulfide) groups is 1. The topological polar surface area (TPSA) is 38.3 Å². The Morgan fingerprint density at radius 2 is 2.00 bits per heavy atom. The molecule has 0 saturated carbocycles. The third kappa shape index (κ3) is 5.28. The van der Waals surface area contributed by atoms with E-state index in [1.54, 1.807) is 12.1 Å². The number of rotatable bonds is 7. The number of halogens is 1. The average molecular weight is 333 g/mol. The summed E-state index contributed by atoms with van der Waals surface area (Å²) in [5.74, 6) is 0.736. The summed E-state index contributed by atoms with van der Waals surface area (Å²) in [6, 6.07) is 14.6. The molecule has 0 fully saturated rings. The van der Waals surface area contributed by atoms with Crippen molar-refractivity contribution in [1.82, 2.24) is 5.32 Å². The second-order valence-electron chi connectivity index (χ2n) is 5.16. The van der Waals surface area contributed by atoms with Crippen LogP contribution in [-0.2, 0) is 10.5 Å². The fourth-order valence-corrected chi connectivity index (χ4v) is 2.96. The molecule has 0 heterocycles. The van der Waals surface area contributed by atoms with Crippen molar-refractivity contribution < 1.29 is 13.9 Å². The first-order valence-electron chi connectivity index (χ1n) is 7.34. The van der Waals surface area contributed by atoms with Crippen molar-refractivity contribution >= 4 is 17.7 Å². The van der Waals surface area contributed by atoms with Gasteiger partial charge in [-0.3, -0.25) is 4.79 Å². The predicted octanol–water partition coefficient (Wildman–Crippen LogP) is 3.94. The fraction of sp³-hybridized carbons (Fsp3) is 0.278. The van der Waals surface area contributed by atoms with Crippen LogP contribution in [0.5, 0.6) is 5.75 Å². The van der Waals surface area contributed by atoms with Gasteiger partial charge in [0.05, 0.1) is 18.9 Å². The zero-order chi connectivity index (χ0) is 16.7. The number of hydrogen-bond acceptors (Lipinski definition) is 3. The largest absolute Gasteiger partial charge is 0.494 e. The lowest BCUT2D eigenvalue weighted by atomic mass is 10.1. The van der Waals surface area contributed by atoms with E-state index in [1.165, 1.54) is 24.9 Å². The van der Waals surface area contributed by atoms with E-state index in [-0.39, 0.29) is 23.5 Å². The van der Waals surface area contributed by atoms with Gasteiger partial charge in [-0.2, -0.15) is 0 Å². The van der Waals surface area contributed by atoms with Gasteiger partial charge in [-0.1, -0.05) is 36.4 Å². The summed E-state index contributed by atoms with van der Waals surface area (Å²) in [5.41, 5.74) is 1.90. The molecule has 3 nitrogen and oxygen atoms in total. The number of benzene rings is 2. The van der Waals surface area contributed by atoms with Crippen LogP contribution in [-0.4, -0.2) is 18.8 Å². The van der Waals surface area contributed by atoms with Gasteiger partial charge in [-0.05, 0) is 30.2 Å². The molecule has 1 amide bonds. The number of amides is 1. The average Bonchev–Trinajstić information content (AvgIpc) is 2.56. The first-order valence-corrected chi connectivity index (χ1v) is 8.50. The normalized spacial score (nSPS) is 11.8. The summed E-state index contributed by atoms with van der Waals surface area (Å²) < 4.78 is 18.5. The van der Waals surface area contributed by atoms with Gasteiger partial charge in [0, 0.05) is 5.75 Å². The van der Waals surface area contributed by atoms with Crippen molar-refractivity contribution in [2.75, 3.05) is 12.9 Å². The summed E-state index contributed by atoms with van der Waals surface area (Å²) in [7, 11) is 1.44. The highest BCUT2D eigenvalue weighted by Gasteiger charge is 2.09. The number of carbonyl (C=O) groups excluding carboxylic acids is 1. The van der Waals surface area contributed by atoms with E-state index in [2.05, 4.69) is 5.32 Å². The Bertz CT molecular complexity index is 649. The highest BCUT2D eigenvalue weighted by molar-refractivity contribution is 7.99. The second-order valence-corrected chi connectivity index (χ2v) is 6.15. The molecule has 0 radical (unpaired) electrons. The third-order valence-electron chi connectivity index (χ3n) is 3.40. The molecular formula is C18H20FNO2S. The lowest BCUT2D eigenvalue weighted by molar-refractivity contribution is -0.119. The first-order chi connectivity index (χ1) is 11.1. The maximum absolute atomic E-state index is 13.6. The minimum absolute atomic E-state index is 0.0252. The summed E-state index contributed by atoms with van der Waals surface area (Å²) in [4.78, 5) is 12.0. The monoisotopic (exact) mass is 333 g/mol. The molecule has 0 spiro atoms. The lowest BCUT2D eigenvalue weighted by Gasteiger charge is -2.14. The molecule has 0 saturated heterocycles. The van der Waals surface area contributed by atoms with Gasteiger partial charge < -0.3 is 10.1 Å². The molecular weight excluding hydrogens is 313 g/mol. The summed E-state index contributed by atoms with van der Waals surface area (Å²) in [5, 5.41) is 2.96. The zero-order valence-electron chi connectivity index (χ0n) is 13.2. The van der Waals surface area contributed by atoms with Crippen molar-refractivity contribution in [3.05, 3.63) is 65.5 Å². The smallest absolute Gasteiger partial charge is 0.230 e. The van der Waals surface area contributed by atoms with E-state index < -0.39 is 0 Å². The molecule has 5 heteroatoms. The Morgan fingerprint density at radius 1 is 1.26 bits per heavy atom. The zero-order valence-corrected chi connectivity index (χ0v) is 14.0. The Kier molecular flexibility index (Phi) is 6.47. The molecule has 1 N–H and O–H groups in total. The SMILES string of the molecule is COc1ccc(CSCC(=O)N[C@@H](C)c2ccccc2)cc1F. The van der Waals surface area contributed by atoms with E-state index in [0.29, 0.717) is 11.5 Å². The predicted molar refractivity (Wildman–Crippen MR) is 92.1 cm³/mol. The minimum Gasteiger partial charge on any atom is -0.494 e. The second kappa shape index (κ2) is 8.58. The van der Waals surface area contributed by atoms with Gasteiger partial charge in [0.25, 0.3) is 0 Å². The number of carbonyl (C=O) groups is 1. The van der Waals surface area contributed by atoms with Crippen LogP contribution in [0.1, 0.15) is 24.1 Å². The van der Waals surface area contributed by atoms with Crippen molar-refractivity contribution in [3.8, 4) is 5.75 Å². The van der Waals surface area contributed by atoms with Crippen LogP contribution in [0.2, 0.25) is 0 Å². The first kappa shape index (κ1) is 17.3. The quantitative estimate of drug-likeness (QED) is 0.834. The van der Waals surface area contributed by atoms with Crippen LogP contribution in [0.4, 0.5) is 4.39 Å². The molecule has 0 aliphatic rings. The molecule has 1 atom stereocenters. The fourth-order valence-electron chi connectivity index (χ4n) is 2.17. The van der Waals surface area contributed by atoms with Crippen LogP contribution in [0, 0.1) is 5.82 Å². The van der Waals surface area contributed by atoms with E-state index in [0.717, 1.165) is 11.1 Å². The Labute approximate surface area is 140 Å². The standard InChI is InChI=1S/C18H20FNO2S/c1-13(15-6-4-3-5-7-15)20-18(21)12-23-11-14-8-9-17(22-2)16(19)10-14/h3-10,13H,11-12H2,1-2H3,(H,20,21)/t13-/m0/s1. The summed E-state index contributed by atoms with van der Waals surface area (Å²) >= 11 is 1.45. The van der Waals surface area contributed by atoms with Gasteiger partial charge in [-0.15, -0.1) is 11.8 Å². The van der Waals surface area contributed by atoms with Gasteiger partial charge in [0.2, 0.25) is 5.91 Å². The molecule has 0 aromatic heterocycles. The number of hydrogen-bond donors (Lipinski definition) is 1. The van der Waals surface area contributed by atoms with Crippen molar-refractivity contribution in [2.24, 2.45) is 0 Å². The van der Waals surface area contributed by atoms with Crippen LogP contribution in [0.25, 0.3) is 0 Å². The third-order valence-corrected chi connectivity index (χ3v) is 4.40. The van der Waals surface area contributed by atoms with Gasteiger partial charge in [0.1, 0.15) is 0 Å². The van der Waals surface area contributed by atoms with Crippen LogP contribution >= 0.6 is 11.8 Å². The Balaban J connectivity index is 1.77. The van der Waals surface area contributed by atoms with E-state index in [9.17, 15) is 9.18 Å². The van der Waals surface area contributed by atoms with Gasteiger partial charge in [0.15, 0.2) is 11.6 Å². The Morgan fingerprint density at radius 3 is 2.65 bits per heavy atom. The molecule has 0 bridgehead atoms. The summed E-state index contributed by atoms with van der Waals surface area (Å²) in [6.45, 7) is 1.96. The molecule has 0 aliphatic carbocycles. The number of nitrogens with one attached hydrogen (secondary N) is 1. The van der Waals surface area contributed by atoms with Crippen LogP contribution < -0.4 is 10.1 Å². The maximum atomic E-state index is 13.6. The highest BCUT2D eigenvalue weighted by Crippen LogP contribution is 2.21. The van der Waals surface area contributed by atoms with E-state index in [1.807, 2.05) is 37.3 Å². The molecule has 2 aromatic rings. The maximum Gasteiger partial charge on any atom is 0.230 e. The molecule has 122 valence electrons. The van der Waals surface area contributed by atoms with Crippen molar-refractivity contribution in [2.45, 2.75) is 18.7 Å². The minimum atomic E-state index is -0.382. The van der Waals surface area contributed by atoms with Crippen LogP contribution in [0.3, 0.4) is 0 Å². The van der Waals surface area contributed by atoms with Crippen LogP contribution in [0.15, 0.2) is 48.5 Å². The molecule has 2 rings (SSSR count). The molecule has 2 aromatic carbocycles. The van der Waals surface area contributed by atoms with Gasteiger partial charge >= 0.3 is 0 Å². The van der Waals surface area contributed by atoms with Gasteiger partial charge in [-0.25, -0.2) is 4.39 Å². The molecule has 0 unspecified atom stereocenters. The van der Waals surface area contributed by atoms with E-state index >= 15 is 0 Å². The summed E-state index contributed by atoms with van der Waals surface area (Å²) in [6.07, 6.45) is 0. The lowest BCUT2D eigenvalue weighted by Crippen LogP contribution is -2.28. The highest BCUT2D eigenvalue weighted by atomic mass is 32.2. The van der Waals surface area contributed by atoms with E-state index in [4.69, 9.17) is 4.74 Å². The Hall–Kier alpha value is -2.01.